The molecule has 0 bridgehead atoms. The van der Waals surface area contributed by atoms with Gasteiger partial charge in [-0.05, 0) is 55.3 Å². The van der Waals surface area contributed by atoms with E-state index < -0.39 is 0 Å². The minimum absolute atomic E-state index is 0.115. The average Bonchev–Trinajstić information content (AvgIpc) is 2.99. The zero-order chi connectivity index (χ0) is 21.5. The van der Waals surface area contributed by atoms with Crippen LogP contribution in [0.25, 0.3) is 6.08 Å². The first kappa shape index (κ1) is 22.3. The van der Waals surface area contributed by atoms with Gasteiger partial charge in [0.05, 0.1) is 11.5 Å². The van der Waals surface area contributed by atoms with E-state index in [-0.39, 0.29) is 18.2 Å². The van der Waals surface area contributed by atoms with Gasteiger partial charge in [0.15, 0.2) is 0 Å². The number of carbonyl (C=O) groups excluding carboxylic acids is 2. The average molecular weight is 461 g/mol. The first-order chi connectivity index (χ1) is 14.5. The second-order valence-corrected chi connectivity index (χ2v) is 8.55. The minimum atomic E-state index is -0.156. The molecule has 1 aliphatic rings. The predicted molar refractivity (Wildman–Crippen MR) is 127 cm³/mol. The number of nitrogens with zero attached hydrogens (tertiary/aromatic N) is 1. The number of thioether (sulfide) groups is 1. The molecule has 2 amide bonds. The van der Waals surface area contributed by atoms with Gasteiger partial charge in [-0.15, -0.1) is 0 Å². The van der Waals surface area contributed by atoms with Crippen LogP contribution in [0.2, 0.25) is 5.02 Å². The summed E-state index contributed by atoms with van der Waals surface area (Å²) in [5.41, 5.74) is 1.48. The highest BCUT2D eigenvalue weighted by atomic mass is 35.5. The van der Waals surface area contributed by atoms with E-state index >= 15 is 0 Å². The molecule has 0 atom stereocenters. The molecule has 1 saturated heterocycles. The highest BCUT2D eigenvalue weighted by Gasteiger charge is 2.31. The Morgan fingerprint density at radius 3 is 2.67 bits per heavy atom. The summed E-state index contributed by atoms with van der Waals surface area (Å²) in [6.45, 7) is 2.90. The van der Waals surface area contributed by atoms with Crippen molar-refractivity contribution >= 4 is 63.5 Å². The van der Waals surface area contributed by atoms with Crippen LogP contribution < -0.4 is 10.1 Å². The van der Waals surface area contributed by atoms with E-state index in [1.54, 1.807) is 24.3 Å². The lowest BCUT2D eigenvalue weighted by Crippen LogP contribution is -2.29. The van der Waals surface area contributed by atoms with E-state index in [0.717, 1.165) is 11.3 Å². The number of halogens is 1. The van der Waals surface area contributed by atoms with Gasteiger partial charge in [-0.1, -0.05) is 53.8 Å². The largest absolute Gasteiger partial charge is 0.494 e. The summed E-state index contributed by atoms with van der Waals surface area (Å²) >= 11 is 12.8. The lowest BCUT2D eigenvalue weighted by molar-refractivity contribution is -0.122. The van der Waals surface area contributed by atoms with Crippen molar-refractivity contribution in [3.63, 3.8) is 0 Å². The number of rotatable bonds is 8. The molecule has 1 N–H and O–H groups in total. The van der Waals surface area contributed by atoms with Crippen molar-refractivity contribution < 1.29 is 14.3 Å². The summed E-state index contributed by atoms with van der Waals surface area (Å²) in [5.74, 6) is 0.489. The summed E-state index contributed by atoms with van der Waals surface area (Å²) < 4.78 is 5.88. The van der Waals surface area contributed by atoms with Crippen molar-refractivity contribution in [2.24, 2.45) is 0 Å². The van der Waals surface area contributed by atoms with Crippen molar-refractivity contribution in [1.29, 1.82) is 0 Å². The van der Waals surface area contributed by atoms with Gasteiger partial charge >= 0.3 is 0 Å². The fraction of sp³-hybridized carbons (Fsp3) is 0.227. The molecule has 30 heavy (non-hydrogen) atoms. The Morgan fingerprint density at radius 1 is 1.23 bits per heavy atom. The lowest BCUT2D eigenvalue weighted by Gasteiger charge is -2.14. The van der Waals surface area contributed by atoms with Crippen LogP contribution in [0.3, 0.4) is 0 Å². The lowest BCUT2D eigenvalue weighted by atomic mass is 10.2. The third-order valence-corrected chi connectivity index (χ3v) is 6.02. The van der Waals surface area contributed by atoms with Gasteiger partial charge in [0.2, 0.25) is 5.91 Å². The predicted octanol–water partition coefficient (Wildman–Crippen LogP) is 5.36. The summed E-state index contributed by atoms with van der Waals surface area (Å²) in [7, 11) is 0. The van der Waals surface area contributed by atoms with E-state index in [0.29, 0.717) is 39.5 Å². The molecule has 0 saturated carbocycles. The zero-order valence-corrected chi connectivity index (χ0v) is 18.8. The number of benzene rings is 2. The molecule has 8 heteroatoms. The number of nitrogens with one attached hydrogen (secondary N) is 1. The van der Waals surface area contributed by atoms with Gasteiger partial charge in [0, 0.05) is 23.7 Å². The molecule has 0 aromatic heterocycles. The first-order valence-corrected chi connectivity index (χ1v) is 11.1. The summed E-state index contributed by atoms with van der Waals surface area (Å²) in [6, 6.07) is 14.5. The van der Waals surface area contributed by atoms with Gasteiger partial charge in [-0.25, -0.2) is 0 Å². The van der Waals surface area contributed by atoms with Crippen LogP contribution in [-0.2, 0) is 9.59 Å². The maximum Gasteiger partial charge on any atom is 0.266 e. The number of ether oxygens (including phenoxy) is 1. The third kappa shape index (κ3) is 5.84. The number of hydrogen-bond acceptors (Lipinski definition) is 5. The summed E-state index contributed by atoms with van der Waals surface area (Å²) in [4.78, 5) is 26.9. The molecule has 0 radical (unpaired) electrons. The Balaban J connectivity index is 1.50. The first-order valence-electron chi connectivity index (χ1n) is 9.50. The second-order valence-electron chi connectivity index (χ2n) is 6.46. The maximum atomic E-state index is 12.7. The number of amides is 2. The highest BCUT2D eigenvalue weighted by molar-refractivity contribution is 8.26. The Labute approximate surface area is 190 Å². The molecule has 3 rings (SSSR count). The van der Waals surface area contributed by atoms with E-state index in [9.17, 15) is 9.59 Å². The quantitative estimate of drug-likeness (QED) is 0.424. The van der Waals surface area contributed by atoms with Crippen molar-refractivity contribution in [1.82, 2.24) is 4.90 Å². The fourth-order valence-corrected chi connectivity index (χ4v) is 4.34. The highest BCUT2D eigenvalue weighted by Crippen LogP contribution is 2.33. The standard InChI is InChI=1S/C22H21ClN2O3S2/c1-2-28-17-11-9-16(10-12-17)24-20(26)8-5-13-25-21(27)19(30-22(25)29)14-15-6-3-4-7-18(15)23/h3-4,6-7,9-12,14H,2,5,8,13H2,1H3,(H,24,26)/b19-14+. The Morgan fingerprint density at radius 2 is 1.97 bits per heavy atom. The normalized spacial score (nSPS) is 15.0. The van der Waals surface area contributed by atoms with E-state index in [2.05, 4.69) is 5.32 Å². The van der Waals surface area contributed by atoms with Crippen molar-refractivity contribution in [3.05, 3.63) is 64.0 Å². The smallest absolute Gasteiger partial charge is 0.266 e. The Kier molecular flexibility index (Phi) is 7.90. The third-order valence-electron chi connectivity index (χ3n) is 4.30. The minimum Gasteiger partial charge on any atom is -0.494 e. The molecule has 2 aromatic carbocycles. The Hall–Kier alpha value is -2.35. The molecular formula is C22H21ClN2O3S2. The van der Waals surface area contributed by atoms with Crippen LogP contribution in [-0.4, -0.2) is 34.2 Å². The molecule has 0 aliphatic carbocycles. The van der Waals surface area contributed by atoms with Gasteiger partial charge < -0.3 is 10.1 Å². The van der Waals surface area contributed by atoms with Crippen LogP contribution in [0.1, 0.15) is 25.3 Å². The molecule has 1 aliphatic heterocycles. The molecule has 0 spiro atoms. The van der Waals surface area contributed by atoms with E-state index in [4.69, 9.17) is 28.6 Å². The monoisotopic (exact) mass is 460 g/mol. The second kappa shape index (κ2) is 10.6. The van der Waals surface area contributed by atoms with E-state index in [1.165, 1.54) is 16.7 Å². The number of anilines is 1. The maximum absolute atomic E-state index is 12.7. The van der Waals surface area contributed by atoms with Crippen molar-refractivity contribution in [2.45, 2.75) is 19.8 Å². The summed E-state index contributed by atoms with van der Waals surface area (Å²) in [6.07, 6.45) is 2.54. The van der Waals surface area contributed by atoms with Crippen molar-refractivity contribution in [3.8, 4) is 5.75 Å². The molecule has 1 heterocycles. The van der Waals surface area contributed by atoms with Gasteiger partial charge in [0.25, 0.3) is 5.91 Å². The van der Waals surface area contributed by atoms with Gasteiger partial charge in [0.1, 0.15) is 10.1 Å². The van der Waals surface area contributed by atoms with Crippen LogP contribution in [0.4, 0.5) is 5.69 Å². The van der Waals surface area contributed by atoms with Crippen LogP contribution >= 0.6 is 35.6 Å². The van der Waals surface area contributed by atoms with Gasteiger partial charge in [-0.3, -0.25) is 14.5 Å². The molecule has 156 valence electrons. The molecule has 2 aromatic rings. The zero-order valence-electron chi connectivity index (χ0n) is 16.4. The molecule has 0 unspecified atom stereocenters. The molecular weight excluding hydrogens is 440 g/mol. The van der Waals surface area contributed by atoms with E-state index in [1.807, 2.05) is 37.3 Å². The molecule has 5 nitrogen and oxygen atoms in total. The number of carbonyl (C=O) groups is 2. The van der Waals surface area contributed by atoms with Crippen molar-refractivity contribution in [2.75, 3.05) is 18.5 Å². The topological polar surface area (TPSA) is 58.6 Å². The molecule has 1 fully saturated rings. The Bertz CT molecular complexity index is 977. The van der Waals surface area contributed by atoms with Crippen LogP contribution in [0.5, 0.6) is 5.75 Å². The summed E-state index contributed by atoms with van der Waals surface area (Å²) in [5, 5.41) is 3.42. The SMILES string of the molecule is CCOc1ccc(NC(=O)CCCN2C(=O)/C(=C\c3ccccc3Cl)SC2=S)cc1. The van der Waals surface area contributed by atoms with Gasteiger partial charge in [-0.2, -0.15) is 0 Å². The van der Waals surface area contributed by atoms with Crippen LogP contribution in [0.15, 0.2) is 53.4 Å². The fourth-order valence-electron chi connectivity index (χ4n) is 2.85. The van der Waals surface area contributed by atoms with Crippen LogP contribution in [0, 0.1) is 0 Å². The number of thiocarbonyl (C=S) groups is 1. The number of hydrogen-bond donors (Lipinski definition) is 1.